The maximum absolute atomic E-state index is 10.7. The maximum Gasteiger partial charge on any atom is 0.235 e. The lowest BCUT2D eigenvalue weighted by Gasteiger charge is -2.27. The second-order valence-electron chi connectivity index (χ2n) is 5.18. The number of benzene rings is 1. The van der Waals surface area contributed by atoms with Crippen LogP contribution >= 0.6 is 0 Å². The Labute approximate surface area is 103 Å². The summed E-state index contributed by atoms with van der Waals surface area (Å²) < 4.78 is 0. The van der Waals surface area contributed by atoms with Crippen LogP contribution < -0.4 is 0 Å². The van der Waals surface area contributed by atoms with Crippen LogP contribution in [0.1, 0.15) is 56.6 Å². The number of nitrogens with zero attached hydrogens (tertiary/aromatic N) is 1. The average molecular weight is 229 g/mol. The van der Waals surface area contributed by atoms with Gasteiger partial charge in [0.05, 0.1) is 5.54 Å². The number of hydrogen-bond acceptors (Lipinski definition) is 2. The second kappa shape index (κ2) is 4.85. The molecule has 0 radical (unpaired) electrons. The Morgan fingerprint density at radius 3 is 2.47 bits per heavy atom. The summed E-state index contributed by atoms with van der Waals surface area (Å²) in [4.78, 5) is 14.9. The van der Waals surface area contributed by atoms with Crippen molar-refractivity contribution in [1.29, 1.82) is 0 Å². The van der Waals surface area contributed by atoms with Gasteiger partial charge >= 0.3 is 0 Å². The monoisotopic (exact) mass is 229 g/mol. The maximum atomic E-state index is 10.7. The largest absolute Gasteiger partial charge is 0.235 e. The van der Waals surface area contributed by atoms with E-state index >= 15 is 0 Å². The first kappa shape index (κ1) is 12.1. The lowest BCUT2D eigenvalue weighted by Crippen LogP contribution is -2.21. The van der Waals surface area contributed by atoms with Crippen LogP contribution in [0.15, 0.2) is 29.3 Å². The van der Waals surface area contributed by atoms with Gasteiger partial charge in [0.2, 0.25) is 6.08 Å². The van der Waals surface area contributed by atoms with Crippen molar-refractivity contribution in [2.24, 2.45) is 4.99 Å². The Kier molecular flexibility index (Phi) is 3.44. The van der Waals surface area contributed by atoms with Crippen LogP contribution in [-0.4, -0.2) is 6.08 Å². The van der Waals surface area contributed by atoms with Gasteiger partial charge in [0.1, 0.15) is 0 Å². The van der Waals surface area contributed by atoms with Crippen LogP contribution in [0.2, 0.25) is 0 Å². The fourth-order valence-corrected chi connectivity index (χ4v) is 2.91. The van der Waals surface area contributed by atoms with Crippen molar-refractivity contribution in [1.82, 2.24) is 0 Å². The molecule has 1 aliphatic carbocycles. The van der Waals surface area contributed by atoms with E-state index in [-0.39, 0.29) is 5.54 Å². The summed E-state index contributed by atoms with van der Waals surface area (Å²) in [7, 11) is 0. The summed E-state index contributed by atoms with van der Waals surface area (Å²) in [6.45, 7) is 4.37. The molecule has 0 aromatic heterocycles. The number of rotatable bonds is 3. The number of aliphatic imine (C=N–C) groups is 1. The van der Waals surface area contributed by atoms with E-state index in [1.54, 1.807) is 6.08 Å². The van der Waals surface area contributed by atoms with E-state index in [0.29, 0.717) is 5.92 Å². The van der Waals surface area contributed by atoms with Gasteiger partial charge in [-0.2, -0.15) is 4.99 Å². The van der Waals surface area contributed by atoms with Gasteiger partial charge in [-0.1, -0.05) is 51.0 Å². The third kappa shape index (κ3) is 2.18. The molecule has 1 aliphatic rings. The van der Waals surface area contributed by atoms with Gasteiger partial charge in [-0.3, -0.25) is 0 Å². The summed E-state index contributed by atoms with van der Waals surface area (Å²) in [5, 5.41) is 0. The van der Waals surface area contributed by atoms with E-state index < -0.39 is 0 Å². The first-order chi connectivity index (χ1) is 8.19. The normalized spacial score (nSPS) is 18.1. The van der Waals surface area contributed by atoms with Crippen molar-refractivity contribution < 1.29 is 4.79 Å². The molecule has 0 N–H and O–H groups in total. The van der Waals surface area contributed by atoms with Crippen LogP contribution in [0, 0.1) is 0 Å². The summed E-state index contributed by atoms with van der Waals surface area (Å²) in [6.07, 6.45) is 6.05. The molecule has 90 valence electrons. The Balaban J connectivity index is 2.53. The van der Waals surface area contributed by atoms with Crippen LogP contribution in [0.4, 0.5) is 0 Å². The summed E-state index contributed by atoms with van der Waals surface area (Å²) >= 11 is 0. The van der Waals surface area contributed by atoms with Crippen molar-refractivity contribution in [3.8, 4) is 0 Å². The van der Waals surface area contributed by atoms with Gasteiger partial charge < -0.3 is 0 Å². The molecule has 2 nitrogen and oxygen atoms in total. The van der Waals surface area contributed by atoms with Crippen molar-refractivity contribution in [3.05, 3.63) is 35.4 Å². The van der Waals surface area contributed by atoms with E-state index in [1.807, 2.05) is 6.07 Å². The Morgan fingerprint density at radius 2 is 1.88 bits per heavy atom. The summed E-state index contributed by atoms with van der Waals surface area (Å²) in [6, 6.07) is 8.38. The van der Waals surface area contributed by atoms with Crippen molar-refractivity contribution >= 4 is 6.08 Å². The fraction of sp³-hybridized carbons (Fsp3) is 0.533. The molecule has 1 fully saturated rings. The predicted octanol–water partition coefficient (Wildman–Crippen LogP) is 3.92. The Morgan fingerprint density at radius 1 is 1.24 bits per heavy atom. The summed E-state index contributed by atoms with van der Waals surface area (Å²) in [5.41, 5.74) is 2.26. The molecular formula is C15H19NO. The number of hydrogen-bond donors (Lipinski definition) is 0. The van der Waals surface area contributed by atoms with Crippen LogP contribution in [0.3, 0.4) is 0 Å². The first-order valence-corrected chi connectivity index (χ1v) is 6.38. The van der Waals surface area contributed by atoms with E-state index in [4.69, 9.17) is 0 Å². The van der Waals surface area contributed by atoms with Crippen molar-refractivity contribution in [2.45, 2.75) is 51.0 Å². The Hall–Kier alpha value is -1.40. The zero-order chi connectivity index (χ0) is 12.3. The molecule has 2 heteroatoms. The smallest absolute Gasteiger partial charge is 0.211 e. The van der Waals surface area contributed by atoms with Gasteiger partial charge in [-0.25, -0.2) is 4.79 Å². The Bertz CT molecular complexity index is 438. The van der Waals surface area contributed by atoms with Crippen molar-refractivity contribution in [3.63, 3.8) is 0 Å². The van der Waals surface area contributed by atoms with E-state index in [1.165, 1.54) is 11.1 Å². The van der Waals surface area contributed by atoms with Crippen LogP contribution in [0.5, 0.6) is 0 Å². The molecule has 1 aromatic carbocycles. The van der Waals surface area contributed by atoms with Crippen LogP contribution in [-0.2, 0) is 10.3 Å². The molecule has 1 saturated carbocycles. The molecule has 0 atom stereocenters. The zero-order valence-corrected chi connectivity index (χ0v) is 10.6. The first-order valence-electron chi connectivity index (χ1n) is 6.38. The SMILES string of the molecule is CC(C)c1ccccc1C1(N=C=O)CCCC1. The highest BCUT2D eigenvalue weighted by molar-refractivity contribution is 5.42. The molecule has 0 spiro atoms. The van der Waals surface area contributed by atoms with Crippen LogP contribution in [0.25, 0.3) is 0 Å². The number of isocyanates is 1. The molecule has 2 rings (SSSR count). The van der Waals surface area contributed by atoms with Gasteiger partial charge in [0.15, 0.2) is 0 Å². The van der Waals surface area contributed by atoms with Gasteiger partial charge in [-0.05, 0) is 29.9 Å². The molecule has 1 aromatic rings. The molecule has 0 aliphatic heterocycles. The molecule has 0 amide bonds. The van der Waals surface area contributed by atoms with E-state index in [2.05, 4.69) is 37.0 Å². The third-order valence-corrected chi connectivity index (χ3v) is 3.77. The number of carbonyl (C=O) groups excluding carboxylic acids is 1. The standard InChI is InChI=1S/C15H19NO/c1-12(2)13-7-3-4-8-14(13)15(16-11-17)9-5-6-10-15/h3-4,7-8,12H,5-6,9-10H2,1-2H3. The van der Waals surface area contributed by atoms with Gasteiger partial charge in [-0.15, -0.1) is 0 Å². The molecule has 17 heavy (non-hydrogen) atoms. The topological polar surface area (TPSA) is 29.4 Å². The van der Waals surface area contributed by atoms with E-state index in [9.17, 15) is 4.79 Å². The average Bonchev–Trinajstić information content (AvgIpc) is 2.79. The quantitative estimate of drug-likeness (QED) is 0.570. The molecular weight excluding hydrogens is 210 g/mol. The van der Waals surface area contributed by atoms with Crippen molar-refractivity contribution in [2.75, 3.05) is 0 Å². The lowest BCUT2D eigenvalue weighted by atomic mass is 9.82. The summed E-state index contributed by atoms with van der Waals surface area (Å²) in [5.74, 6) is 0.463. The minimum Gasteiger partial charge on any atom is -0.211 e. The fourth-order valence-electron chi connectivity index (χ4n) is 2.91. The lowest BCUT2D eigenvalue weighted by molar-refractivity contribution is 0.450. The highest BCUT2D eigenvalue weighted by Gasteiger charge is 2.37. The highest BCUT2D eigenvalue weighted by Crippen LogP contribution is 2.44. The molecule has 0 unspecified atom stereocenters. The highest BCUT2D eigenvalue weighted by atomic mass is 16.1. The second-order valence-corrected chi connectivity index (χ2v) is 5.18. The minimum absolute atomic E-state index is 0.289. The molecule has 0 heterocycles. The van der Waals surface area contributed by atoms with Gasteiger partial charge in [0.25, 0.3) is 0 Å². The molecule has 0 bridgehead atoms. The zero-order valence-electron chi connectivity index (χ0n) is 10.6. The molecule has 0 saturated heterocycles. The third-order valence-electron chi connectivity index (χ3n) is 3.77. The van der Waals surface area contributed by atoms with E-state index in [0.717, 1.165) is 25.7 Å². The van der Waals surface area contributed by atoms with Gasteiger partial charge in [0, 0.05) is 0 Å². The predicted molar refractivity (Wildman–Crippen MR) is 68.8 cm³/mol. The minimum atomic E-state index is -0.289.